The third-order valence-corrected chi connectivity index (χ3v) is 4.57. The normalized spacial score (nSPS) is 32.0. The average Bonchev–Trinajstić information content (AvgIpc) is 2.75. The molecule has 3 atom stereocenters. The molecular weight excluding hydrogens is 180 g/mol. The maximum absolute atomic E-state index is 2.38. The van der Waals surface area contributed by atoms with Crippen molar-refractivity contribution >= 4 is 0 Å². The van der Waals surface area contributed by atoms with Gasteiger partial charge >= 0.3 is 0 Å². The van der Waals surface area contributed by atoms with Crippen molar-refractivity contribution in [2.75, 3.05) is 0 Å². The van der Waals surface area contributed by atoms with E-state index < -0.39 is 0 Å². The predicted molar refractivity (Wildman–Crippen MR) is 64.3 cm³/mol. The Morgan fingerprint density at radius 2 is 2.00 bits per heavy atom. The zero-order valence-electron chi connectivity index (χ0n) is 9.79. The number of hydrogen-bond acceptors (Lipinski definition) is 0. The van der Waals surface area contributed by atoms with Gasteiger partial charge < -0.3 is 0 Å². The van der Waals surface area contributed by atoms with Gasteiger partial charge in [-0.2, -0.15) is 0 Å². The highest BCUT2D eigenvalue weighted by Crippen LogP contribution is 2.59. The van der Waals surface area contributed by atoms with Crippen LogP contribution in [0.1, 0.15) is 61.1 Å². The molecule has 1 aromatic rings. The molecule has 0 aromatic heterocycles. The van der Waals surface area contributed by atoms with Gasteiger partial charge in [0.2, 0.25) is 0 Å². The highest BCUT2D eigenvalue weighted by Gasteiger charge is 2.45. The van der Waals surface area contributed by atoms with Crippen molar-refractivity contribution in [3.8, 4) is 0 Å². The first-order valence-electron chi connectivity index (χ1n) is 6.42. The summed E-state index contributed by atoms with van der Waals surface area (Å²) in [6.07, 6.45) is 5.69. The fraction of sp³-hybridized carbons (Fsp3) is 0.600. The quantitative estimate of drug-likeness (QED) is 0.664. The molecule has 1 aromatic carbocycles. The molecule has 1 fully saturated rings. The summed E-state index contributed by atoms with van der Waals surface area (Å²) in [6, 6.07) is 6.93. The van der Waals surface area contributed by atoms with Gasteiger partial charge in [0.1, 0.15) is 0 Å². The van der Waals surface area contributed by atoms with Crippen molar-refractivity contribution in [3.05, 3.63) is 34.9 Å². The lowest BCUT2D eigenvalue weighted by Crippen LogP contribution is -2.02. The molecule has 0 N–H and O–H groups in total. The predicted octanol–water partition coefficient (Wildman–Crippen LogP) is 4.39. The molecule has 0 heterocycles. The number of fused-ring (bicyclic) bond motifs is 5. The lowest BCUT2D eigenvalue weighted by molar-refractivity contribution is 0.439. The van der Waals surface area contributed by atoms with Gasteiger partial charge in [-0.3, -0.25) is 0 Å². The van der Waals surface area contributed by atoms with Crippen LogP contribution in [0.4, 0.5) is 0 Å². The van der Waals surface area contributed by atoms with E-state index in [1.54, 1.807) is 16.7 Å². The standard InChI is InChI=1S/C15H20/c1-3-5-11-12-8-9-14(11)15-10(2)6-4-7-13(12)15/h4,6-7,11-12,14H,3,5,8-9H2,1-2H3. The molecule has 2 aliphatic carbocycles. The molecule has 0 saturated heterocycles. The fourth-order valence-electron chi connectivity index (χ4n) is 4.08. The van der Waals surface area contributed by atoms with Gasteiger partial charge in [0, 0.05) is 0 Å². The molecule has 15 heavy (non-hydrogen) atoms. The maximum atomic E-state index is 2.38. The second kappa shape index (κ2) is 3.37. The van der Waals surface area contributed by atoms with E-state index >= 15 is 0 Å². The van der Waals surface area contributed by atoms with Gasteiger partial charge in [-0.1, -0.05) is 31.5 Å². The molecule has 2 bridgehead atoms. The first-order valence-corrected chi connectivity index (χ1v) is 6.42. The Balaban J connectivity index is 2.05. The minimum Gasteiger partial charge on any atom is -0.0654 e. The third-order valence-electron chi connectivity index (χ3n) is 4.57. The van der Waals surface area contributed by atoms with E-state index in [-0.39, 0.29) is 0 Å². The second-order valence-corrected chi connectivity index (χ2v) is 5.32. The monoisotopic (exact) mass is 200 g/mol. The zero-order chi connectivity index (χ0) is 10.4. The van der Waals surface area contributed by atoms with Crippen molar-refractivity contribution in [3.63, 3.8) is 0 Å². The summed E-state index contributed by atoms with van der Waals surface area (Å²) in [5.41, 5.74) is 4.97. The van der Waals surface area contributed by atoms with Crippen LogP contribution in [-0.4, -0.2) is 0 Å². The van der Waals surface area contributed by atoms with Gasteiger partial charge in [-0.25, -0.2) is 0 Å². The van der Waals surface area contributed by atoms with Crippen molar-refractivity contribution in [2.24, 2.45) is 5.92 Å². The molecule has 80 valence electrons. The molecule has 0 amide bonds. The minimum atomic E-state index is 0.907. The van der Waals surface area contributed by atoms with Gasteiger partial charge in [-0.15, -0.1) is 0 Å². The van der Waals surface area contributed by atoms with Crippen LogP contribution in [0.15, 0.2) is 18.2 Å². The van der Waals surface area contributed by atoms with Crippen LogP contribution in [0.2, 0.25) is 0 Å². The van der Waals surface area contributed by atoms with E-state index in [9.17, 15) is 0 Å². The van der Waals surface area contributed by atoms with E-state index in [1.807, 2.05) is 0 Å². The smallest absolute Gasteiger partial charge is 0.0122 e. The summed E-state index contributed by atoms with van der Waals surface area (Å²) >= 11 is 0. The SMILES string of the molecule is CCCC1C2CCC1c1c(C)cccc12. The number of rotatable bonds is 2. The molecular formula is C15H20. The van der Waals surface area contributed by atoms with Crippen LogP contribution in [0.3, 0.4) is 0 Å². The summed E-state index contributed by atoms with van der Waals surface area (Å²) in [4.78, 5) is 0. The molecule has 3 unspecified atom stereocenters. The van der Waals surface area contributed by atoms with E-state index in [4.69, 9.17) is 0 Å². The molecule has 0 spiro atoms. The highest BCUT2D eigenvalue weighted by atomic mass is 14.5. The van der Waals surface area contributed by atoms with E-state index in [0.717, 1.165) is 17.8 Å². The van der Waals surface area contributed by atoms with Crippen LogP contribution in [0.5, 0.6) is 0 Å². The van der Waals surface area contributed by atoms with Gasteiger partial charge in [0.15, 0.2) is 0 Å². The lowest BCUT2D eigenvalue weighted by atomic mass is 9.88. The van der Waals surface area contributed by atoms with E-state index in [0.29, 0.717) is 0 Å². The molecule has 0 radical (unpaired) electrons. The Bertz CT molecular complexity index is 378. The molecule has 3 rings (SSSR count). The Hall–Kier alpha value is -0.780. The van der Waals surface area contributed by atoms with Crippen molar-refractivity contribution in [1.29, 1.82) is 0 Å². The van der Waals surface area contributed by atoms with Gasteiger partial charge in [-0.05, 0) is 60.6 Å². The molecule has 0 nitrogen and oxygen atoms in total. The minimum absolute atomic E-state index is 0.907. The molecule has 1 saturated carbocycles. The molecule has 0 aliphatic heterocycles. The van der Waals surface area contributed by atoms with Crippen molar-refractivity contribution in [1.82, 2.24) is 0 Å². The first-order chi connectivity index (χ1) is 7.33. The van der Waals surface area contributed by atoms with Crippen molar-refractivity contribution < 1.29 is 0 Å². The number of aryl methyl sites for hydroxylation is 1. The number of benzene rings is 1. The average molecular weight is 200 g/mol. The second-order valence-electron chi connectivity index (χ2n) is 5.32. The van der Waals surface area contributed by atoms with Crippen molar-refractivity contribution in [2.45, 2.75) is 51.4 Å². The molecule has 0 heteroatoms. The van der Waals surface area contributed by atoms with Crippen LogP contribution >= 0.6 is 0 Å². The van der Waals surface area contributed by atoms with Crippen LogP contribution < -0.4 is 0 Å². The van der Waals surface area contributed by atoms with Crippen LogP contribution in [0, 0.1) is 12.8 Å². The van der Waals surface area contributed by atoms with E-state index in [2.05, 4.69) is 32.0 Å². The van der Waals surface area contributed by atoms with Crippen LogP contribution in [-0.2, 0) is 0 Å². The Morgan fingerprint density at radius 3 is 2.73 bits per heavy atom. The van der Waals surface area contributed by atoms with E-state index in [1.165, 1.54) is 25.7 Å². The topological polar surface area (TPSA) is 0 Å². The number of hydrogen-bond donors (Lipinski definition) is 0. The Morgan fingerprint density at radius 1 is 1.20 bits per heavy atom. The van der Waals surface area contributed by atoms with Gasteiger partial charge in [0.05, 0.1) is 0 Å². The summed E-state index contributed by atoms with van der Waals surface area (Å²) in [5.74, 6) is 2.79. The Labute approximate surface area is 92.7 Å². The van der Waals surface area contributed by atoms with Gasteiger partial charge in [0.25, 0.3) is 0 Å². The highest BCUT2D eigenvalue weighted by molar-refractivity contribution is 5.47. The molecule has 2 aliphatic rings. The zero-order valence-corrected chi connectivity index (χ0v) is 9.79. The lowest BCUT2D eigenvalue weighted by Gasteiger charge is -2.16. The third kappa shape index (κ3) is 1.20. The summed E-state index contributed by atoms with van der Waals surface area (Å²) in [5, 5.41) is 0. The fourth-order valence-corrected chi connectivity index (χ4v) is 4.08. The summed E-state index contributed by atoms with van der Waals surface area (Å²) < 4.78 is 0. The maximum Gasteiger partial charge on any atom is -0.0122 e. The Kier molecular flexibility index (Phi) is 2.12. The summed E-state index contributed by atoms with van der Waals surface area (Å²) in [6.45, 7) is 4.62. The first kappa shape index (κ1) is 9.45. The van der Waals surface area contributed by atoms with Crippen LogP contribution in [0.25, 0.3) is 0 Å². The summed E-state index contributed by atoms with van der Waals surface area (Å²) in [7, 11) is 0. The largest absolute Gasteiger partial charge is 0.0654 e.